The molecule has 0 radical (unpaired) electrons. The van der Waals surface area contributed by atoms with Gasteiger partial charge in [-0.05, 0) is 43.9 Å². The molecular formula is C26H36N4O5. The van der Waals surface area contributed by atoms with Crippen molar-refractivity contribution in [2.45, 2.75) is 77.3 Å². The molecule has 9 heteroatoms. The molecule has 0 unspecified atom stereocenters. The Labute approximate surface area is 206 Å². The summed E-state index contributed by atoms with van der Waals surface area (Å²) in [5.41, 5.74) is 0.687. The number of carbonyl (C=O) groups is 3. The fourth-order valence-electron chi connectivity index (χ4n) is 4.36. The van der Waals surface area contributed by atoms with E-state index in [0.29, 0.717) is 29.4 Å². The molecule has 190 valence electrons. The summed E-state index contributed by atoms with van der Waals surface area (Å²) in [6.45, 7) is 4.18. The fourth-order valence-corrected chi connectivity index (χ4v) is 4.36. The van der Waals surface area contributed by atoms with E-state index in [-0.39, 0.29) is 36.6 Å². The molecule has 1 aliphatic rings. The smallest absolute Gasteiger partial charge is 0.247 e. The molecule has 35 heavy (non-hydrogen) atoms. The lowest BCUT2D eigenvalue weighted by Crippen LogP contribution is -2.46. The highest BCUT2D eigenvalue weighted by atomic mass is 16.5. The number of carbonyl (C=O) groups excluding carboxylic acids is 3. The number of nitrogens with zero attached hydrogens (tertiary/aromatic N) is 2. The van der Waals surface area contributed by atoms with Crippen molar-refractivity contribution in [2.75, 3.05) is 19.0 Å². The van der Waals surface area contributed by atoms with Crippen LogP contribution in [0.25, 0.3) is 0 Å². The van der Waals surface area contributed by atoms with Gasteiger partial charge in [0.05, 0.1) is 7.11 Å². The maximum absolute atomic E-state index is 13.5. The minimum Gasteiger partial charge on any atom is -0.497 e. The van der Waals surface area contributed by atoms with E-state index in [1.54, 1.807) is 31.1 Å². The van der Waals surface area contributed by atoms with Gasteiger partial charge in [-0.15, -0.1) is 0 Å². The number of hydrogen-bond donors (Lipinski definition) is 2. The molecule has 1 heterocycles. The average molecular weight is 485 g/mol. The van der Waals surface area contributed by atoms with Gasteiger partial charge in [0.25, 0.3) is 0 Å². The summed E-state index contributed by atoms with van der Waals surface area (Å²) in [6, 6.07) is 8.20. The third-order valence-electron chi connectivity index (χ3n) is 6.21. The summed E-state index contributed by atoms with van der Waals surface area (Å²) in [6.07, 6.45) is 5.63. The number of amides is 3. The Kier molecular flexibility index (Phi) is 9.69. The van der Waals surface area contributed by atoms with Crippen molar-refractivity contribution in [1.29, 1.82) is 0 Å². The highest BCUT2D eigenvalue weighted by Crippen LogP contribution is 2.28. The van der Waals surface area contributed by atoms with E-state index in [1.807, 2.05) is 25.1 Å². The second kappa shape index (κ2) is 12.9. The summed E-state index contributed by atoms with van der Waals surface area (Å²) in [5.74, 6) is 0.725. The molecule has 0 saturated heterocycles. The van der Waals surface area contributed by atoms with Crippen molar-refractivity contribution >= 4 is 23.5 Å². The zero-order chi connectivity index (χ0) is 25.2. The van der Waals surface area contributed by atoms with Crippen molar-refractivity contribution in [3.8, 4) is 5.75 Å². The van der Waals surface area contributed by atoms with Gasteiger partial charge in [0.15, 0.2) is 5.82 Å². The molecule has 3 rings (SSSR count). The zero-order valence-electron chi connectivity index (χ0n) is 20.8. The van der Waals surface area contributed by atoms with Crippen LogP contribution in [0.4, 0.5) is 5.82 Å². The van der Waals surface area contributed by atoms with E-state index in [4.69, 9.17) is 9.26 Å². The molecule has 1 aliphatic carbocycles. The number of nitrogens with one attached hydrogen (secondary N) is 2. The minimum absolute atomic E-state index is 0.0242. The monoisotopic (exact) mass is 484 g/mol. The Morgan fingerprint density at radius 3 is 2.63 bits per heavy atom. The second-order valence-electron chi connectivity index (χ2n) is 8.98. The number of ether oxygens (including phenoxy) is 1. The maximum atomic E-state index is 13.5. The molecule has 1 saturated carbocycles. The van der Waals surface area contributed by atoms with Gasteiger partial charge in [0.2, 0.25) is 17.7 Å². The first-order valence-electron chi connectivity index (χ1n) is 12.4. The standard InChI is InChI=1S/C26H36N4O5/c1-4-5-15-30(24(32)14-13-23(31)28-22-16-18(2)35-29-22)25(19-9-8-12-21(17-19)34-3)26(33)27-20-10-6-7-11-20/h8-9,12,16-17,20,25H,4-7,10-11,13-15H2,1-3H3,(H,27,33)(H,28,29,31)/t25-/m0/s1. The van der Waals surface area contributed by atoms with Crippen molar-refractivity contribution in [3.05, 3.63) is 41.7 Å². The molecule has 1 atom stereocenters. The number of benzene rings is 1. The van der Waals surface area contributed by atoms with E-state index in [0.717, 1.165) is 38.5 Å². The molecule has 2 N–H and O–H groups in total. The van der Waals surface area contributed by atoms with Crippen LogP contribution in [0.3, 0.4) is 0 Å². The number of methoxy groups -OCH3 is 1. The van der Waals surface area contributed by atoms with Crippen LogP contribution in [0.5, 0.6) is 5.75 Å². The Hall–Kier alpha value is -3.36. The van der Waals surface area contributed by atoms with Gasteiger partial charge in [-0.2, -0.15) is 0 Å². The van der Waals surface area contributed by atoms with Gasteiger partial charge in [-0.1, -0.05) is 43.5 Å². The quantitative estimate of drug-likeness (QED) is 0.468. The predicted molar refractivity (Wildman–Crippen MR) is 132 cm³/mol. The molecule has 1 aromatic carbocycles. The van der Waals surface area contributed by atoms with Crippen LogP contribution in [0.2, 0.25) is 0 Å². The number of hydrogen-bond acceptors (Lipinski definition) is 6. The van der Waals surface area contributed by atoms with Gasteiger partial charge < -0.3 is 24.8 Å². The van der Waals surface area contributed by atoms with Gasteiger partial charge in [0, 0.05) is 31.5 Å². The SMILES string of the molecule is CCCCN(C(=O)CCC(=O)Nc1cc(C)on1)[C@H](C(=O)NC1CCCC1)c1cccc(OC)c1. The molecule has 0 bridgehead atoms. The first kappa shape index (κ1) is 26.2. The van der Waals surface area contributed by atoms with Gasteiger partial charge >= 0.3 is 0 Å². The second-order valence-corrected chi connectivity index (χ2v) is 8.98. The molecular weight excluding hydrogens is 448 g/mol. The lowest BCUT2D eigenvalue weighted by molar-refractivity contribution is -0.141. The van der Waals surface area contributed by atoms with Crippen LogP contribution < -0.4 is 15.4 Å². The lowest BCUT2D eigenvalue weighted by Gasteiger charge is -2.32. The number of unbranched alkanes of at least 4 members (excludes halogenated alkanes) is 1. The van der Waals surface area contributed by atoms with Crippen LogP contribution in [0, 0.1) is 6.92 Å². The number of aromatic nitrogens is 1. The van der Waals surface area contributed by atoms with Gasteiger partial charge in [0.1, 0.15) is 17.6 Å². The predicted octanol–water partition coefficient (Wildman–Crippen LogP) is 4.14. The Bertz CT molecular complexity index is 999. The van der Waals surface area contributed by atoms with E-state index in [9.17, 15) is 14.4 Å². The van der Waals surface area contributed by atoms with Crippen LogP contribution >= 0.6 is 0 Å². The van der Waals surface area contributed by atoms with E-state index in [1.165, 1.54) is 0 Å². The topological polar surface area (TPSA) is 114 Å². The summed E-state index contributed by atoms with van der Waals surface area (Å²) in [7, 11) is 1.57. The summed E-state index contributed by atoms with van der Waals surface area (Å²) in [4.78, 5) is 41.0. The molecule has 9 nitrogen and oxygen atoms in total. The number of aryl methyl sites for hydroxylation is 1. The van der Waals surface area contributed by atoms with E-state index in [2.05, 4.69) is 15.8 Å². The maximum Gasteiger partial charge on any atom is 0.247 e. The third-order valence-corrected chi connectivity index (χ3v) is 6.21. The molecule has 3 amide bonds. The van der Waals surface area contributed by atoms with E-state index < -0.39 is 6.04 Å². The van der Waals surface area contributed by atoms with Crippen LogP contribution in [-0.2, 0) is 14.4 Å². The average Bonchev–Trinajstić information content (AvgIpc) is 3.51. The van der Waals surface area contributed by atoms with Crippen molar-refractivity contribution in [3.63, 3.8) is 0 Å². The van der Waals surface area contributed by atoms with Crippen LogP contribution in [0.1, 0.15) is 75.7 Å². The molecule has 2 aromatic rings. The molecule has 0 spiro atoms. The van der Waals surface area contributed by atoms with Crippen LogP contribution in [-0.4, -0.2) is 47.5 Å². The Balaban J connectivity index is 1.78. The third kappa shape index (κ3) is 7.56. The Morgan fingerprint density at radius 1 is 1.20 bits per heavy atom. The Morgan fingerprint density at radius 2 is 1.97 bits per heavy atom. The molecule has 1 aromatic heterocycles. The number of anilines is 1. The summed E-state index contributed by atoms with van der Waals surface area (Å²) in [5, 5.41) is 9.54. The molecule has 0 aliphatic heterocycles. The molecule has 1 fully saturated rings. The van der Waals surface area contributed by atoms with E-state index >= 15 is 0 Å². The zero-order valence-corrected chi connectivity index (χ0v) is 20.8. The summed E-state index contributed by atoms with van der Waals surface area (Å²) >= 11 is 0. The van der Waals surface area contributed by atoms with Gasteiger partial charge in [-0.3, -0.25) is 14.4 Å². The van der Waals surface area contributed by atoms with Crippen molar-refractivity contribution < 1.29 is 23.6 Å². The largest absolute Gasteiger partial charge is 0.497 e. The fraction of sp³-hybridized carbons (Fsp3) is 0.538. The normalized spacial score (nSPS) is 14.4. The van der Waals surface area contributed by atoms with Crippen molar-refractivity contribution in [2.24, 2.45) is 0 Å². The first-order chi connectivity index (χ1) is 16.9. The highest BCUT2D eigenvalue weighted by molar-refractivity contribution is 5.94. The summed E-state index contributed by atoms with van der Waals surface area (Å²) < 4.78 is 10.3. The number of rotatable bonds is 12. The van der Waals surface area contributed by atoms with Gasteiger partial charge in [-0.25, -0.2) is 0 Å². The minimum atomic E-state index is -0.800. The lowest BCUT2D eigenvalue weighted by atomic mass is 10.0. The van der Waals surface area contributed by atoms with Crippen LogP contribution in [0.15, 0.2) is 34.9 Å². The highest BCUT2D eigenvalue weighted by Gasteiger charge is 2.33. The first-order valence-corrected chi connectivity index (χ1v) is 12.4. The van der Waals surface area contributed by atoms with Crippen molar-refractivity contribution in [1.82, 2.24) is 15.4 Å².